The number of nitrogens with zero attached hydrogens (tertiary/aromatic N) is 2. The molecule has 1 N–H and O–H groups in total. The number of fused-ring (bicyclic) bond motifs is 2. The molecule has 0 saturated heterocycles. The summed E-state index contributed by atoms with van der Waals surface area (Å²) in [5.74, 6) is 1.93. The van der Waals surface area contributed by atoms with Gasteiger partial charge in [-0.3, -0.25) is 4.79 Å². The van der Waals surface area contributed by atoms with E-state index in [1.165, 1.54) is 11.3 Å². The van der Waals surface area contributed by atoms with Crippen molar-refractivity contribution in [3.8, 4) is 22.8 Å². The summed E-state index contributed by atoms with van der Waals surface area (Å²) in [4.78, 5) is 21.4. The quantitative estimate of drug-likeness (QED) is 0.749. The van der Waals surface area contributed by atoms with Crippen molar-refractivity contribution in [2.75, 3.05) is 19.2 Å². The van der Waals surface area contributed by atoms with Gasteiger partial charge >= 0.3 is 0 Å². The first-order chi connectivity index (χ1) is 10.8. The number of nitrogens with one attached hydrogen (secondary N) is 1. The maximum Gasteiger partial charge on any atom is 0.231 e. The molecule has 2 aromatic heterocycles. The van der Waals surface area contributed by atoms with Crippen LogP contribution < -0.4 is 14.8 Å². The number of thiophene rings is 1. The second-order valence-electron chi connectivity index (χ2n) is 4.70. The first-order valence-electron chi connectivity index (χ1n) is 6.63. The van der Waals surface area contributed by atoms with E-state index < -0.39 is 0 Å². The summed E-state index contributed by atoms with van der Waals surface area (Å²) in [5, 5.41) is 3.80. The van der Waals surface area contributed by atoms with Gasteiger partial charge in [0, 0.05) is 18.0 Å². The zero-order chi connectivity index (χ0) is 15.1. The zero-order valence-corrected chi connectivity index (χ0v) is 12.4. The predicted octanol–water partition coefficient (Wildman–Crippen LogP) is 2.94. The molecule has 0 fully saturated rings. The molecule has 4 rings (SSSR count). The maximum absolute atomic E-state index is 11.0. The molecule has 0 radical (unpaired) electrons. The molecule has 22 heavy (non-hydrogen) atoms. The number of hydrogen-bond acceptors (Lipinski definition) is 7. The van der Waals surface area contributed by atoms with E-state index in [4.69, 9.17) is 9.47 Å². The number of ether oxygens (including phenoxy) is 2. The second-order valence-corrected chi connectivity index (χ2v) is 5.76. The number of rotatable bonds is 3. The fourth-order valence-corrected chi connectivity index (χ4v) is 3.22. The van der Waals surface area contributed by atoms with Crippen LogP contribution >= 0.6 is 11.3 Å². The minimum Gasteiger partial charge on any atom is -0.454 e. The van der Waals surface area contributed by atoms with Crippen LogP contribution in [0.15, 0.2) is 24.3 Å². The van der Waals surface area contributed by atoms with E-state index in [2.05, 4.69) is 15.3 Å². The maximum atomic E-state index is 11.0. The third-order valence-corrected chi connectivity index (χ3v) is 4.35. The number of aromatic nitrogens is 2. The molecule has 1 aliphatic heterocycles. The minimum atomic E-state index is 0.230. The molecule has 6 nitrogen and oxygen atoms in total. The third kappa shape index (κ3) is 1.98. The van der Waals surface area contributed by atoms with Gasteiger partial charge in [0.05, 0.1) is 10.6 Å². The molecule has 7 heteroatoms. The van der Waals surface area contributed by atoms with Gasteiger partial charge in [0.25, 0.3) is 0 Å². The predicted molar refractivity (Wildman–Crippen MR) is 83.9 cm³/mol. The van der Waals surface area contributed by atoms with Crippen molar-refractivity contribution < 1.29 is 14.3 Å². The molecule has 110 valence electrons. The zero-order valence-electron chi connectivity index (χ0n) is 11.6. The van der Waals surface area contributed by atoms with Gasteiger partial charge in [0.1, 0.15) is 4.83 Å². The standard InChI is InChI=1S/C15H11N3O3S/c1-16-15-17-13(10-5-9(6-19)22-14(10)18-15)8-2-3-11-12(4-8)21-7-20-11/h2-6H,7H2,1H3,(H,16,17,18). The lowest BCUT2D eigenvalue weighted by Gasteiger charge is -2.06. The molecule has 0 unspecified atom stereocenters. The van der Waals surface area contributed by atoms with E-state index in [0.29, 0.717) is 16.6 Å². The van der Waals surface area contributed by atoms with E-state index >= 15 is 0 Å². The summed E-state index contributed by atoms with van der Waals surface area (Å²) >= 11 is 1.35. The molecule has 0 atom stereocenters. The summed E-state index contributed by atoms with van der Waals surface area (Å²) < 4.78 is 10.8. The largest absolute Gasteiger partial charge is 0.454 e. The van der Waals surface area contributed by atoms with Crippen LogP contribution in [-0.4, -0.2) is 30.1 Å². The lowest BCUT2D eigenvalue weighted by atomic mass is 10.1. The Hall–Kier alpha value is -2.67. The Kier molecular flexibility index (Phi) is 2.93. The SMILES string of the molecule is CNc1nc(-c2ccc3c(c2)OCO3)c2cc(C=O)sc2n1. The number of carbonyl (C=O) groups is 1. The fourth-order valence-electron chi connectivity index (χ4n) is 2.37. The van der Waals surface area contributed by atoms with Crippen LogP contribution in [0.25, 0.3) is 21.5 Å². The molecule has 3 aromatic rings. The van der Waals surface area contributed by atoms with Gasteiger partial charge < -0.3 is 14.8 Å². The topological polar surface area (TPSA) is 73.3 Å². The molecular weight excluding hydrogens is 302 g/mol. The molecule has 3 heterocycles. The van der Waals surface area contributed by atoms with Crippen LogP contribution in [0.4, 0.5) is 5.95 Å². The smallest absolute Gasteiger partial charge is 0.231 e. The summed E-state index contributed by atoms with van der Waals surface area (Å²) in [7, 11) is 1.76. The Morgan fingerprint density at radius 2 is 2.09 bits per heavy atom. The van der Waals surface area contributed by atoms with Gasteiger partial charge in [-0.05, 0) is 24.3 Å². The molecule has 0 aliphatic carbocycles. The highest BCUT2D eigenvalue weighted by Crippen LogP contribution is 2.38. The molecule has 1 aliphatic rings. The van der Waals surface area contributed by atoms with Crippen molar-refractivity contribution in [1.82, 2.24) is 9.97 Å². The Morgan fingerprint density at radius 1 is 1.23 bits per heavy atom. The monoisotopic (exact) mass is 313 g/mol. The molecule has 0 spiro atoms. The lowest BCUT2D eigenvalue weighted by molar-refractivity contribution is 0.112. The first-order valence-corrected chi connectivity index (χ1v) is 7.44. The molecule has 0 saturated carbocycles. The normalized spacial score (nSPS) is 12.6. The summed E-state index contributed by atoms with van der Waals surface area (Å²) in [5.41, 5.74) is 1.65. The van der Waals surface area contributed by atoms with Crippen molar-refractivity contribution in [2.45, 2.75) is 0 Å². The molecule has 1 aromatic carbocycles. The number of benzene rings is 1. The van der Waals surface area contributed by atoms with E-state index in [0.717, 1.165) is 33.5 Å². The van der Waals surface area contributed by atoms with Crippen molar-refractivity contribution in [3.63, 3.8) is 0 Å². The van der Waals surface area contributed by atoms with Crippen molar-refractivity contribution >= 4 is 33.8 Å². The average Bonchev–Trinajstić information content (AvgIpc) is 3.18. The fraction of sp³-hybridized carbons (Fsp3) is 0.133. The van der Waals surface area contributed by atoms with Crippen LogP contribution in [0, 0.1) is 0 Å². The van der Waals surface area contributed by atoms with Gasteiger partial charge in [0.2, 0.25) is 12.7 Å². The summed E-state index contributed by atoms with van der Waals surface area (Å²) in [6.07, 6.45) is 0.828. The highest BCUT2D eigenvalue weighted by atomic mass is 32.1. The van der Waals surface area contributed by atoms with Gasteiger partial charge in [-0.25, -0.2) is 9.97 Å². The summed E-state index contributed by atoms with van der Waals surface area (Å²) in [6.45, 7) is 0.230. The highest BCUT2D eigenvalue weighted by molar-refractivity contribution is 7.20. The third-order valence-electron chi connectivity index (χ3n) is 3.40. The Balaban J connectivity index is 1.96. The summed E-state index contributed by atoms with van der Waals surface area (Å²) in [6, 6.07) is 7.48. The van der Waals surface area contributed by atoms with Crippen LogP contribution in [0.1, 0.15) is 9.67 Å². The Bertz CT molecular complexity index is 891. The second kappa shape index (κ2) is 4.96. The van der Waals surface area contributed by atoms with E-state index in [1.807, 2.05) is 24.3 Å². The molecule has 0 amide bonds. The number of aldehydes is 1. The van der Waals surface area contributed by atoms with Crippen molar-refractivity contribution in [3.05, 3.63) is 29.1 Å². The molecule has 0 bridgehead atoms. The number of carbonyl (C=O) groups excluding carboxylic acids is 1. The van der Waals surface area contributed by atoms with Gasteiger partial charge in [-0.1, -0.05) is 0 Å². The van der Waals surface area contributed by atoms with E-state index in [-0.39, 0.29) is 6.79 Å². The average molecular weight is 313 g/mol. The van der Waals surface area contributed by atoms with Gasteiger partial charge in [-0.15, -0.1) is 11.3 Å². The van der Waals surface area contributed by atoms with Crippen LogP contribution in [0.5, 0.6) is 11.5 Å². The number of anilines is 1. The Labute approximate surface area is 129 Å². The van der Waals surface area contributed by atoms with Gasteiger partial charge in [-0.2, -0.15) is 0 Å². The van der Waals surface area contributed by atoms with Crippen LogP contribution in [0.2, 0.25) is 0 Å². The van der Waals surface area contributed by atoms with E-state index in [1.54, 1.807) is 7.05 Å². The molecular formula is C15H11N3O3S. The van der Waals surface area contributed by atoms with Crippen molar-refractivity contribution in [2.24, 2.45) is 0 Å². The van der Waals surface area contributed by atoms with Crippen LogP contribution in [0.3, 0.4) is 0 Å². The Morgan fingerprint density at radius 3 is 2.91 bits per heavy atom. The van der Waals surface area contributed by atoms with E-state index in [9.17, 15) is 4.79 Å². The minimum absolute atomic E-state index is 0.230. The van der Waals surface area contributed by atoms with Crippen LogP contribution in [-0.2, 0) is 0 Å². The number of hydrogen-bond donors (Lipinski definition) is 1. The lowest BCUT2D eigenvalue weighted by Crippen LogP contribution is -1.97. The van der Waals surface area contributed by atoms with Crippen molar-refractivity contribution in [1.29, 1.82) is 0 Å². The highest BCUT2D eigenvalue weighted by Gasteiger charge is 2.17. The van der Waals surface area contributed by atoms with Gasteiger partial charge in [0.15, 0.2) is 17.8 Å². The first kappa shape index (κ1) is 13.0.